The minimum atomic E-state index is -3.46. The van der Waals surface area contributed by atoms with E-state index in [1.807, 2.05) is 42.7 Å². The van der Waals surface area contributed by atoms with Crippen molar-refractivity contribution in [3.05, 3.63) is 154 Å². The van der Waals surface area contributed by atoms with Crippen molar-refractivity contribution in [2.24, 2.45) is 11.8 Å². The predicted octanol–water partition coefficient (Wildman–Crippen LogP) is 16.1. The van der Waals surface area contributed by atoms with Gasteiger partial charge in [-0.25, -0.2) is 0 Å². The third-order valence-electron chi connectivity index (χ3n) is 15.5. The van der Waals surface area contributed by atoms with Crippen molar-refractivity contribution >= 4 is 124 Å². The van der Waals surface area contributed by atoms with Crippen LogP contribution in [0.25, 0.3) is 65.7 Å². The number of H-pyrrole nitrogens is 1. The summed E-state index contributed by atoms with van der Waals surface area (Å²) in [6.07, 6.45) is 12.5. The van der Waals surface area contributed by atoms with Gasteiger partial charge >= 0.3 is 0 Å². The Bertz CT molecular complexity index is 3840. The second-order valence-corrected chi connectivity index (χ2v) is 38.7. The maximum absolute atomic E-state index is 11.4. The Morgan fingerprint density at radius 1 is 0.605 bits per heavy atom. The lowest BCUT2D eigenvalue weighted by molar-refractivity contribution is 0.0196. The van der Waals surface area contributed by atoms with Gasteiger partial charge in [-0.3, -0.25) is 14.2 Å². The van der Waals surface area contributed by atoms with Crippen molar-refractivity contribution in [3.63, 3.8) is 0 Å². The number of rotatable bonds is 17. The molecule has 428 valence electrons. The van der Waals surface area contributed by atoms with Crippen LogP contribution in [0, 0.1) is 11.8 Å². The molecule has 1 N–H and O–H groups in total. The quantitative estimate of drug-likeness (QED) is 0.0537. The van der Waals surface area contributed by atoms with Gasteiger partial charge in [0.15, 0.2) is 0 Å². The molecule has 0 amide bonds. The van der Waals surface area contributed by atoms with Crippen molar-refractivity contribution in [3.8, 4) is 0 Å². The van der Waals surface area contributed by atoms with Gasteiger partial charge in [-0.1, -0.05) is 99.9 Å². The van der Waals surface area contributed by atoms with Gasteiger partial charge in [0.2, 0.25) is 0 Å². The summed E-state index contributed by atoms with van der Waals surface area (Å²) in [5, 5.41) is 4.85. The average molecular weight is 1280 g/mol. The molecule has 4 aromatic carbocycles. The SMILES string of the molecule is CS(=O)(=O)OC(c1ccccc1)C1CCOCC1.C[Si](C)(C)CCOCn1ccc2c3c(ccc21)[nH]c1cc(Br)cnc13.C[Si](C)(C)CCOCn1ccc2c3c4ncc(Br)cc4n([C@H](c4ccccc4)C4CCOCC4)c3ccc21. The van der Waals surface area contributed by atoms with E-state index in [1.165, 1.54) is 61.3 Å². The number of pyridine rings is 2. The molecule has 18 heteroatoms. The second-order valence-electron chi connectivity index (χ2n) is 24.0. The standard InChI is InChI=1S/C31H36BrN3O2Si.C19H22BrN3OSi.C13H18O4S/c1-38(2,3)18-17-37-21-34-14-11-25-26(34)9-10-27-29(25)30-28(19-24(32)20-33-30)35(27)31(22-7-5-4-6-8-22)23-12-15-36-16-13-23;1-25(2,3)9-8-24-12-23-7-6-14-17(23)5-4-15-18(14)19-16(22-15)10-13(20)11-21-19;1-18(14,15)17-13(11-5-3-2-4-6-11)12-7-9-16-10-8-12/h4-11,14,19-20,23,31H,12-13,15-18,21H2,1-3H3;4-7,10-11,22H,8-9,12H2,1-3H3;2-6,12-13H,7-10H2,1H3/t31-;;/m1../s1. The molecule has 0 spiro atoms. The number of hydrogen-bond acceptors (Lipinski definition) is 9. The maximum atomic E-state index is 11.4. The third kappa shape index (κ3) is 14.5. The molecule has 81 heavy (non-hydrogen) atoms. The molecule has 2 atom stereocenters. The van der Waals surface area contributed by atoms with E-state index < -0.39 is 32.4 Å². The van der Waals surface area contributed by atoms with Gasteiger partial charge in [-0.2, -0.15) is 8.42 Å². The van der Waals surface area contributed by atoms with Gasteiger partial charge in [-0.15, -0.1) is 0 Å². The minimum Gasteiger partial charge on any atom is -0.381 e. The molecule has 2 aliphatic rings. The van der Waals surface area contributed by atoms with Crippen LogP contribution in [0.3, 0.4) is 0 Å². The molecule has 8 heterocycles. The molecule has 2 aliphatic heterocycles. The smallest absolute Gasteiger partial charge is 0.264 e. The lowest BCUT2D eigenvalue weighted by Crippen LogP contribution is -2.26. The highest BCUT2D eigenvalue weighted by molar-refractivity contribution is 9.10. The summed E-state index contributed by atoms with van der Waals surface area (Å²) in [5.41, 5.74) is 11.3. The van der Waals surface area contributed by atoms with Gasteiger partial charge in [0.1, 0.15) is 19.6 Å². The van der Waals surface area contributed by atoms with E-state index in [4.69, 9.17) is 28.1 Å². The summed E-state index contributed by atoms with van der Waals surface area (Å²) < 4.78 is 60.2. The van der Waals surface area contributed by atoms with Gasteiger partial charge in [0.25, 0.3) is 10.1 Å². The zero-order valence-corrected chi connectivity index (χ0v) is 53.7. The average Bonchev–Trinajstić information content (AvgIpc) is 4.44. The fourth-order valence-corrected chi connectivity index (χ4v) is 14.1. The maximum Gasteiger partial charge on any atom is 0.264 e. The Morgan fingerprint density at radius 3 is 1.68 bits per heavy atom. The summed E-state index contributed by atoms with van der Waals surface area (Å²) in [7, 11) is -5.62. The molecular weight excluding hydrogens is 1200 g/mol. The van der Waals surface area contributed by atoms with Crippen LogP contribution in [0.1, 0.15) is 49.0 Å². The van der Waals surface area contributed by atoms with Crippen molar-refractivity contribution in [1.29, 1.82) is 0 Å². The van der Waals surface area contributed by atoms with E-state index in [9.17, 15) is 8.42 Å². The Kier molecular flexibility index (Phi) is 18.9. The number of aromatic nitrogens is 6. The number of halogens is 2. The first-order chi connectivity index (χ1) is 38.9. The van der Waals surface area contributed by atoms with E-state index in [-0.39, 0.29) is 12.0 Å². The topological polar surface area (TPSA) is 137 Å². The van der Waals surface area contributed by atoms with Gasteiger partial charge < -0.3 is 37.6 Å². The molecule has 0 radical (unpaired) electrons. The van der Waals surface area contributed by atoms with Gasteiger partial charge in [-0.05, 0) is 141 Å². The van der Waals surface area contributed by atoms with Crippen LogP contribution in [0.4, 0.5) is 0 Å². The first-order valence-electron chi connectivity index (χ1n) is 28.3. The summed E-state index contributed by atoms with van der Waals surface area (Å²) in [5.74, 6) is 0.680. The molecule has 0 bridgehead atoms. The molecule has 13 nitrogen and oxygen atoms in total. The van der Waals surface area contributed by atoms with Crippen molar-refractivity contribution in [2.75, 3.05) is 45.9 Å². The number of aromatic amines is 1. The van der Waals surface area contributed by atoms with Gasteiger partial charge in [0, 0.05) is 117 Å². The Balaban J connectivity index is 0.000000147. The highest BCUT2D eigenvalue weighted by atomic mass is 79.9. The predicted molar refractivity (Wildman–Crippen MR) is 342 cm³/mol. The number of fused-ring (bicyclic) bond motifs is 10. The van der Waals surface area contributed by atoms with Crippen molar-refractivity contribution in [2.45, 2.75) is 103 Å². The van der Waals surface area contributed by atoms with Crippen LogP contribution >= 0.6 is 31.9 Å². The Hall–Kier alpha value is -5.00. The Morgan fingerprint density at radius 2 is 1.11 bits per heavy atom. The third-order valence-corrected chi connectivity index (χ3v) is 20.4. The Labute approximate surface area is 495 Å². The van der Waals surface area contributed by atoms with E-state index in [2.05, 4.69) is 186 Å². The van der Waals surface area contributed by atoms with Crippen LogP contribution in [0.15, 0.2) is 143 Å². The van der Waals surface area contributed by atoms with Crippen molar-refractivity contribution in [1.82, 2.24) is 28.7 Å². The summed E-state index contributed by atoms with van der Waals surface area (Å²) >= 11 is 7.21. The second kappa shape index (κ2) is 25.9. The van der Waals surface area contributed by atoms with Crippen molar-refractivity contribution < 1.29 is 31.5 Å². The number of nitrogens with zero attached hydrogens (tertiary/aromatic N) is 5. The number of ether oxygens (including phenoxy) is 4. The minimum absolute atomic E-state index is 0.191. The number of benzene rings is 4. The first-order valence-corrected chi connectivity index (χ1v) is 39.1. The molecule has 10 aromatic rings. The van der Waals surface area contributed by atoms with Crippen LogP contribution in [0.2, 0.25) is 51.4 Å². The van der Waals surface area contributed by atoms with Crippen LogP contribution in [-0.4, -0.2) is 99.1 Å². The molecule has 12 rings (SSSR count). The van der Waals surface area contributed by atoms with E-state index in [1.54, 1.807) is 0 Å². The van der Waals surface area contributed by atoms with E-state index in [0.717, 1.165) is 94.9 Å². The summed E-state index contributed by atoms with van der Waals surface area (Å²) in [6.45, 7) is 20.1. The van der Waals surface area contributed by atoms with E-state index in [0.29, 0.717) is 32.6 Å². The highest BCUT2D eigenvalue weighted by Crippen LogP contribution is 2.43. The van der Waals surface area contributed by atoms with Crippen LogP contribution in [0.5, 0.6) is 0 Å². The molecule has 6 aromatic heterocycles. The lowest BCUT2D eigenvalue weighted by Gasteiger charge is -2.33. The normalized spacial score (nSPS) is 15.8. The molecule has 1 unspecified atom stereocenters. The molecule has 2 fully saturated rings. The van der Waals surface area contributed by atoms with Gasteiger partial charge in [0.05, 0.1) is 50.9 Å². The zero-order chi connectivity index (χ0) is 56.9. The zero-order valence-electron chi connectivity index (χ0n) is 47.7. The van der Waals surface area contributed by atoms with E-state index >= 15 is 0 Å². The number of hydrogen-bond donors (Lipinski definition) is 1. The van der Waals surface area contributed by atoms with Crippen LogP contribution < -0.4 is 0 Å². The van der Waals surface area contributed by atoms with Crippen LogP contribution in [-0.2, 0) is 46.7 Å². The highest BCUT2D eigenvalue weighted by Gasteiger charge is 2.32. The fraction of sp³-hybridized carbons (Fsp3) is 0.397. The lowest BCUT2D eigenvalue weighted by atomic mass is 9.86. The fourth-order valence-electron chi connectivity index (χ4n) is 11.3. The number of nitrogens with one attached hydrogen (secondary N) is 1. The molecule has 2 saturated heterocycles. The molecule has 0 saturated carbocycles. The molecular formula is C63H76Br2N6O7SSi2. The monoisotopic (exact) mass is 1270 g/mol. The molecule has 0 aliphatic carbocycles. The summed E-state index contributed by atoms with van der Waals surface area (Å²) in [6, 6.07) is 40.6. The largest absolute Gasteiger partial charge is 0.381 e. The first kappa shape index (κ1) is 59.2. The summed E-state index contributed by atoms with van der Waals surface area (Å²) in [4.78, 5) is 13.1.